The Kier molecular flexibility index (Phi) is 6.65. The molecule has 0 spiro atoms. The third-order valence-electron chi connectivity index (χ3n) is 8.16. The van der Waals surface area contributed by atoms with Crippen LogP contribution in [0.4, 0.5) is 0 Å². The quantitative estimate of drug-likeness (QED) is 0.191. The van der Waals surface area contributed by atoms with Crippen LogP contribution in [0.5, 0.6) is 0 Å². The molecule has 0 saturated carbocycles. The van der Waals surface area contributed by atoms with E-state index in [9.17, 15) is 0 Å². The van der Waals surface area contributed by atoms with Crippen LogP contribution in [0.3, 0.4) is 0 Å². The molecule has 212 valence electrons. The van der Waals surface area contributed by atoms with Crippen LogP contribution in [0.2, 0.25) is 0 Å². The fourth-order valence-corrected chi connectivity index (χ4v) is 5.99. The molecular formula is C41H28N4. The lowest BCUT2D eigenvalue weighted by atomic mass is 9.98. The van der Waals surface area contributed by atoms with Gasteiger partial charge in [0.25, 0.3) is 0 Å². The van der Waals surface area contributed by atoms with E-state index >= 15 is 0 Å². The minimum absolute atomic E-state index is 0.658. The zero-order valence-electron chi connectivity index (χ0n) is 24.7. The number of nitrogens with zero attached hydrogens (tertiary/aromatic N) is 4. The maximum Gasteiger partial charge on any atom is 0.161 e. The van der Waals surface area contributed by atoms with Crippen LogP contribution in [0.1, 0.15) is 5.69 Å². The standard InChI is InChI=1S/C41H28N4/c1-27-25-35(28-13-5-2-6-14-28)33-23-21-31-22-24-36(43-39(31)40(33)42-27)32-19-11-12-20-34(32)41-44-37(29-15-7-3-8-16-29)26-38(45-41)30-17-9-4-10-18-30/h2-26H,1H3. The second kappa shape index (κ2) is 11.3. The summed E-state index contributed by atoms with van der Waals surface area (Å²) in [6.07, 6.45) is 0. The maximum atomic E-state index is 5.28. The fraction of sp³-hybridized carbons (Fsp3) is 0.0244. The molecule has 0 saturated heterocycles. The molecule has 0 aliphatic rings. The highest BCUT2D eigenvalue weighted by molar-refractivity contribution is 6.09. The van der Waals surface area contributed by atoms with Gasteiger partial charge >= 0.3 is 0 Å². The first kappa shape index (κ1) is 26.6. The van der Waals surface area contributed by atoms with Crippen molar-refractivity contribution in [3.63, 3.8) is 0 Å². The molecule has 8 aromatic rings. The van der Waals surface area contributed by atoms with E-state index in [0.717, 1.165) is 72.4 Å². The van der Waals surface area contributed by atoms with E-state index in [4.69, 9.17) is 19.9 Å². The number of pyridine rings is 2. The molecule has 3 aromatic heterocycles. The average Bonchev–Trinajstić information content (AvgIpc) is 3.12. The molecule has 0 unspecified atom stereocenters. The summed E-state index contributed by atoms with van der Waals surface area (Å²) in [6, 6.07) is 52.0. The number of aryl methyl sites for hydroxylation is 1. The Morgan fingerprint density at radius 2 is 0.933 bits per heavy atom. The Bertz CT molecular complexity index is 2260. The van der Waals surface area contributed by atoms with Gasteiger partial charge in [-0.25, -0.2) is 15.0 Å². The van der Waals surface area contributed by atoms with Gasteiger partial charge in [0.05, 0.1) is 28.1 Å². The Labute approximate surface area is 261 Å². The summed E-state index contributed by atoms with van der Waals surface area (Å²) in [7, 11) is 0. The summed E-state index contributed by atoms with van der Waals surface area (Å²) < 4.78 is 0. The van der Waals surface area contributed by atoms with Crippen molar-refractivity contribution in [2.24, 2.45) is 0 Å². The normalized spacial score (nSPS) is 11.2. The SMILES string of the molecule is Cc1cc(-c2ccccc2)c2ccc3ccc(-c4ccccc4-c4nc(-c5ccccc5)cc(-c5ccccc5)n4)nc3c2n1. The lowest BCUT2D eigenvalue weighted by molar-refractivity contribution is 1.18. The molecule has 0 radical (unpaired) electrons. The van der Waals surface area contributed by atoms with Crippen LogP contribution in [-0.4, -0.2) is 19.9 Å². The summed E-state index contributed by atoms with van der Waals surface area (Å²) in [4.78, 5) is 20.5. The summed E-state index contributed by atoms with van der Waals surface area (Å²) in [5.41, 5.74) is 11.6. The van der Waals surface area contributed by atoms with E-state index in [1.54, 1.807) is 0 Å². The van der Waals surface area contributed by atoms with E-state index < -0.39 is 0 Å². The maximum absolute atomic E-state index is 5.28. The molecule has 0 aliphatic carbocycles. The predicted molar refractivity (Wildman–Crippen MR) is 185 cm³/mol. The Hall–Kier alpha value is -6.00. The first-order chi connectivity index (χ1) is 22.2. The van der Waals surface area contributed by atoms with Crippen LogP contribution >= 0.6 is 0 Å². The smallest absolute Gasteiger partial charge is 0.161 e. The van der Waals surface area contributed by atoms with Crippen molar-refractivity contribution < 1.29 is 0 Å². The molecule has 0 atom stereocenters. The lowest BCUT2D eigenvalue weighted by Crippen LogP contribution is -1.98. The van der Waals surface area contributed by atoms with Crippen LogP contribution in [0.15, 0.2) is 152 Å². The van der Waals surface area contributed by atoms with Gasteiger partial charge in [0.1, 0.15) is 0 Å². The molecule has 4 nitrogen and oxygen atoms in total. The molecule has 0 amide bonds. The Balaban J connectivity index is 1.33. The molecule has 45 heavy (non-hydrogen) atoms. The molecule has 0 N–H and O–H groups in total. The van der Waals surface area contributed by atoms with Crippen molar-refractivity contribution in [1.82, 2.24) is 19.9 Å². The fourth-order valence-electron chi connectivity index (χ4n) is 5.99. The highest BCUT2D eigenvalue weighted by Gasteiger charge is 2.17. The van der Waals surface area contributed by atoms with Gasteiger partial charge in [-0.1, -0.05) is 133 Å². The van der Waals surface area contributed by atoms with E-state index in [-0.39, 0.29) is 0 Å². The van der Waals surface area contributed by atoms with E-state index in [1.807, 2.05) is 61.5 Å². The van der Waals surface area contributed by atoms with Gasteiger partial charge in [-0.2, -0.15) is 0 Å². The first-order valence-corrected chi connectivity index (χ1v) is 15.1. The second-order valence-corrected chi connectivity index (χ2v) is 11.1. The molecule has 0 bridgehead atoms. The number of hydrogen-bond acceptors (Lipinski definition) is 4. The van der Waals surface area contributed by atoms with Gasteiger partial charge in [-0.05, 0) is 36.2 Å². The van der Waals surface area contributed by atoms with Crippen molar-refractivity contribution in [2.75, 3.05) is 0 Å². The third-order valence-corrected chi connectivity index (χ3v) is 8.16. The molecule has 5 aromatic carbocycles. The summed E-state index contributed by atoms with van der Waals surface area (Å²) in [5, 5.41) is 2.14. The highest BCUT2D eigenvalue weighted by atomic mass is 14.9. The second-order valence-electron chi connectivity index (χ2n) is 11.1. The Morgan fingerprint density at radius 1 is 0.378 bits per heavy atom. The minimum Gasteiger partial charge on any atom is -0.251 e. The summed E-state index contributed by atoms with van der Waals surface area (Å²) >= 11 is 0. The largest absolute Gasteiger partial charge is 0.251 e. The third kappa shape index (κ3) is 5.02. The number of benzene rings is 5. The molecule has 3 heterocycles. The van der Waals surface area contributed by atoms with Gasteiger partial charge in [0.2, 0.25) is 0 Å². The van der Waals surface area contributed by atoms with Gasteiger partial charge in [0.15, 0.2) is 5.82 Å². The van der Waals surface area contributed by atoms with E-state index in [2.05, 4.69) is 97.1 Å². The zero-order valence-corrected chi connectivity index (χ0v) is 24.7. The average molecular weight is 577 g/mol. The topological polar surface area (TPSA) is 51.6 Å². The van der Waals surface area contributed by atoms with Crippen molar-refractivity contribution in [3.8, 4) is 56.3 Å². The van der Waals surface area contributed by atoms with Gasteiger partial charge in [-0.3, -0.25) is 4.98 Å². The van der Waals surface area contributed by atoms with Crippen LogP contribution in [0.25, 0.3) is 78.1 Å². The Morgan fingerprint density at radius 3 is 1.58 bits per heavy atom. The van der Waals surface area contributed by atoms with Crippen molar-refractivity contribution in [3.05, 3.63) is 157 Å². The first-order valence-electron chi connectivity index (χ1n) is 15.1. The molecule has 4 heteroatoms. The van der Waals surface area contributed by atoms with Crippen LogP contribution in [0, 0.1) is 6.92 Å². The van der Waals surface area contributed by atoms with E-state index in [1.165, 1.54) is 5.56 Å². The zero-order chi connectivity index (χ0) is 30.2. The lowest BCUT2D eigenvalue weighted by Gasteiger charge is -2.14. The van der Waals surface area contributed by atoms with Crippen molar-refractivity contribution in [1.29, 1.82) is 0 Å². The molecular weight excluding hydrogens is 548 g/mol. The van der Waals surface area contributed by atoms with Gasteiger partial charge < -0.3 is 0 Å². The summed E-state index contributed by atoms with van der Waals surface area (Å²) in [6.45, 7) is 2.05. The van der Waals surface area contributed by atoms with E-state index in [0.29, 0.717) is 5.82 Å². The number of hydrogen-bond donors (Lipinski definition) is 0. The van der Waals surface area contributed by atoms with Crippen molar-refractivity contribution in [2.45, 2.75) is 6.92 Å². The molecule has 0 fully saturated rings. The molecule has 0 aliphatic heterocycles. The molecule has 8 rings (SSSR count). The van der Waals surface area contributed by atoms with Gasteiger partial charge in [-0.15, -0.1) is 0 Å². The number of fused-ring (bicyclic) bond motifs is 3. The van der Waals surface area contributed by atoms with Crippen LogP contribution in [-0.2, 0) is 0 Å². The highest BCUT2D eigenvalue weighted by Crippen LogP contribution is 2.36. The van der Waals surface area contributed by atoms with Crippen molar-refractivity contribution >= 4 is 21.8 Å². The monoisotopic (exact) mass is 576 g/mol. The predicted octanol–water partition coefficient (Wildman–Crippen LogP) is 10.2. The van der Waals surface area contributed by atoms with Gasteiger partial charge in [0, 0.05) is 38.7 Å². The number of rotatable bonds is 5. The summed E-state index contributed by atoms with van der Waals surface area (Å²) in [5.74, 6) is 0.658. The van der Waals surface area contributed by atoms with Crippen LogP contribution < -0.4 is 0 Å². The number of aromatic nitrogens is 4. The minimum atomic E-state index is 0.658.